The normalized spacial score (nSPS) is 7.60. The van der Waals surface area contributed by atoms with Crippen LogP contribution in [0.15, 0.2) is 11.1 Å². The van der Waals surface area contributed by atoms with E-state index in [1.54, 1.807) is 12.1 Å². The number of nitriles is 2. The lowest BCUT2D eigenvalue weighted by Crippen LogP contribution is -1.93. The summed E-state index contributed by atoms with van der Waals surface area (Å²) in [6.07, 6.45) is 0. The minimum Gasteiger partial charge on any atom is -0.251 e. The molecule has 0 saturated carbocycles. The molecule has 0 heterocycles. The van der Waals surface area contributed by atoms with Gasteiger partial charge in [0.25, 0.3) is 0 Å². The minimum absolute atomic E-state index is 0.0194. The van der Waals surface area contributed by atoms with Crippen molar-refractivity contribution in [1.29, 1.82) is 10.5 Å². The number of allylic oxidation sites excluding steroid dienone is 1. The van der Waals surface area contributed by atoms with Crippen LogP contribution in [0.25, 0.3) is 0 Å². The van der Waals surface area contributed by atoms with E-state index in [1.165, 1.54) is 6.92 Å². The molecule has 0 aliphatic heterocycles. The molecule has 10 heavy (non-hydrogen) atoms. The van der Waals surface area contributed by atoms with Gasteiger partial charge in [-0.1, -0.05) is 0 Å². The highest BCUT2D eigenvalue weighted by atomic mass is 17.1. The molecule has 0 fully saturated rings. The molecular formula is C6H6N2O2. The zero-order valence-corrected chi connectivity index (χ0v) is 5.46. The average Bonchev–Trinajstić information content (AvgIpc) is 1.91. The summed E-state index contributed by atoms with van der Waals surface area (Å²) in [6, 6.07) is 3.33. The zero-order valence-electron chi connectivity index (χ0n) is 5.46. The summed E-state index contributed by atoms with van der Waals surface area (Å²) in [5.74, 6) is 0. The predicted octanol–water partition coefficient (Wildman–Crippen LogP) is 0.840. The maximum absolute atomic E-state index is 8.26. The molecule has 0 aromatic rings. The van der Waals surface area contributed by atoms with Crippen molar-refractivity contribution in [2.75, 3.05) is 6.61 Å². The van der Waals surface area contributed by atoms with Gasteiger partial charge in [-0.3, -0.25) is 5.26 Å². The van der Waals surface area contributed by atoms with Gasteiger partial charge in [0.15, 0.2) is 0 Å². The second kappa shape index (κ2) is 4.51. The van der Waals surface area contributed by atoms with Gasteiger partial charge in [-0.2, -0.15) is 10.5 Å². The summed E-state index contributed by atoms with van der Waals surface area (Å²) in [5.41, 5.74) is 0.404. The molecular weight excluding hydrogens is 132 g/mol. The van der Waals surface area contributed by atoms with E-state index in [0.717, 1.165) is 0 Å². The minimum atomic E-state index is -0.101. The van der Waals surface area contributed by atoms with Crippen molar-refractivity contribution in [2.45, 2.75) is 6.92 Å². The van der Waals surface area contributed by atoms with Crippen LogP contribution in [0.4, 0.5) is 0 Å². The Balaban J connectivity index is 4.36. The summed E-state index contributed by atoms with van der Waals surface area (Å²) in [4.78, 5) is 3.73. The molecule has 0 radical (unpaired) electrons. The lowest BCUT2D eigenvalue weighted by Gasteiger charge is -1.93. The molecule has 0 aliphatic carbocycles. The fourth-order valence-electron chi connectivity index (χ4n) is 0.385. The molecule has 0 saturated heterocycles. The molecule has 0 unspecified atom stereocenters. The van der Waals surface area contributed by atoms with Crippen molar-refractivity contribution < 1.29 is 10.1 Å². The largest absolute Gasteiger partial charge is 0.251 e. The van der Waals surface area contributed by atoms with Crippen LogP contribution in [0.2, 0.25) is 0 Å². The summed E-state index contributed by atoms with van der Waals surface area (Å²) >= 11 is 0. The Morgan fingerprint density at radius 3 is 2.30 bits per heavy atom. The molecule has 0 rings (SSSR count). The lowest BCUT2D eigenvalue weighted by atomic mass is 10.2. The molecule has 1 N–H and O–H groups in total. The molecule has 4 nitrogen and oxygen atoms in total. The molecule has 4 heteroatoms. The Bertz CT molecular complexity index is 203. The number of nitrogens with zero attached hydrogens (tertiary/aromatic N) is 2. The SMILES string of the molecule is CC(COO)=C(C#N)C#N. The number of hydrogen-bond donors (Lipinski definition) is 1. The maximum atomic E-state index is 8.26. The fourth-order valence-corrected chi connectivity index (χ4v) is 0.385. The highest BCUT2D eigenvalue weighted by molar-refractivity contribution is 5.39. The van der Waals surface area contributed by atoms with Gasteiger partial charge < -0.3 is 0 Å². The van der Waals surface area contributed by atoms with Gasteiger partial charge in [-0.05, 0) is 12.5 Å². The Hall–Kier alpha value is -1.36. The molecule has 0 aliphatic rings. The summed E-state index contributed by atoms with van der Waals surface area (Å²) in [6.45, 7) is 1.44. The van der Waals surface area contributed by atoms with Crippen LogP contribution in [-0.4, -0.2) is 11.9 Å². The third-order valence-electron chi connectivity index (χ3n) is 0.931. The number of rotatable bonds is 2. The third kappa shape index (κ3) is 2.27. The standard InChI is InChI=1S/C6H6N2O2/c1-5(4-10-9)6(2-7)3-8/h9H,4H2,1H3. The van der Waals surface area contributed by atoms with Gasteiger partial charge in [-0.25, -0.2) is 4.89 Å². The van der Waals surface area contributed by atoms with Crippen LogP contribution in [0.3, 0.4) is 0 Å². The molecule has 52 valence electrons. The van der Waals surface area contributed by atoms with E-state index >= 15 is 0 Å². The van der Waals surface area contributed by atoms with E-state index < -0.39 is 0 Å². The smallest absolute Gasteiger partial charge is 0.131 e. The monoisotopic (exact) mass is 138 g/mol. The van der Waals surface area contributed by atoms with Crippen LogP contribution < -0.4 is 0 Å². The average molecular weight is 138 g/mol. The van der Waals surface area contributed by atoms with Gasteiger partial charge >= 0.3 is 0 Å². The summed E-state index contributed by atoms with van der Waals surface area (Å²) in [7, 11) is 0. The lowest BCUT2D eigenvalue weighted by molar-refractivity contribution is -0.234. The van der Waals surface area contributed by atoms with E-state index in [0.29, 0.717) is 5.57 Å². The molecule has 0 atom stereocenters. The third-order valence-corrected chi connectivity index (χ3v) is 0.931. The molecule has 0 aromatic heterocycles. The van der Waals surface area contributed by atoms with Crippen LogP contribution in [-0.2, 0) is 4.89 Å². The maximum Gasteiger partial charge on any atom is 0.131 e. The van der Waals surface area contributed by atoms with Crippen molar-refractivity contribution in [2.24, 2.45) is 0 Å². The highest BCUT2D eigenvalue weighted by Gasteiger charge is 1.98. The summed E-state index contributed by atoms with van der Waals surface area (Å²) < 4.78 is 0. The van der Waals surface area contributed by atoms with Crippen molar-refractivity contribution in [1.82, 2.24) is 0 Å². The van der Waals surface area contributed by atoms with Gasteiger partial charge in [0.1, 0.15) is 24.3 Å². The van der Waals surface area contributed by atoms with Gasteiger partial charge in [0.05, 0.1) is 0 Å². The van der Waals surface area contributed by atoms with E-state index in [1.807, 2.05) is 0 Å². The van der Waals surface area contributed by atoms with Gasteiger partial charge in [0, 0.05) is 0 Å². The first-order chi connectivity index (χ1) is 4.76. The fraction of sp³-hybridized carbons (Fsp3) is 0.333. The Labute approximate surface area is 58.5 Å². The highest BCUT2D eigenvalue weighted by Crippen LogP contribution is 2.00. The summed E-state index contributed by atoms with van der Waals surface area (Å²) in [5, 5.41) is 24.4. The van der Waals surface area contributed by atoms with Crippen LogP contribution in [0, 0.1) is 22.7 Å². The molecule has 0 amide bonds. The van der Waals surface area contributed by atoms with Crippen LogP contribution in [0.1, 0.15) is 6.92 Å². The topological polar surface area (TPSA) is 77.0 Å². The second-order valence-corrected chi connectivity index (χ2v) is 1.65. The Kier molecular flexibility index (Phi) is 3.90. The quantitative estimate of drug-likeness (QED) is 0.348. The van der Waals surface area contributed by atoms with Crippen LogP contribution >= 0.6 is 0 Å². The predicted molar refractivity (Wildman–Crippen MR) is 32.5 cm³/mol. The molecule has 0 aromatic carbocycles. The Morgan fingerprint density at radius 1 is 1.50 bits per heavy atom. The zero-order chi connectivity index (χ0) is 7.98. The van der Waals surface area contributed by atoms with Crippen molar-refractivity contribution in [3.63, 3.8) is 0 Å². The van der Waals surface area contributed by atoms with E-state index in [4.69, 9.17) is 15.8 Å². The molecule has 0 spiro atoms. The second-order valence-electron chi connectivity index (χ2n) is 1.65. The van der Waals surface area contributed by atoms with E-state index in [2.05, 4.69) is 4.89 Å². The van der Waals surface area contributed by atoms with Crippen molar-refractivity contribution in [3.05, 3.63) is 11.1 Å². The van der Waals surface area contributed by atoms with Gasteiger partial charge in [-0.15, -0.1) is 0 Å². The van der Waals surface area contributed by atoms with Gasteiger partial charge in [0.2, 0.25) is 0 Å². The van der Waals surface area contributed by atoms with Crippen molar-refractivity contribution in [3.8, 4) is 12.1 Å². The Morgan fingerprint density at radius 2 is 2.00 bits per heavy atom. The van der Waals surface area contributed by atoms with E-state index in [-0.39, 0.29) is 12.2 Å². The van der Waals surface area contributed by atoms with Crippen molar-refractivity contribution >= 4 is 0 Å². The van der Waals surface area contributed by atoms with E-state index in [9.17, 15) is 0 Å². The first-order valence-corrected chi connectivity index (χ1v) is 2.52. The molecule has 0 bridgehead atoms. The first-order valence-electron chi connectivity index (χ1n) is 2.52. The van der Waals surface area contributed by atoms with Crippen LogP contribution in [0.5, 0.6) is 0 Å². The number of hydrogen-bond acceptors (Lipinski definition) is 4. The first kappa shape index (κ1) is 8.64.